The van der Waals surface area contributed by atoms with Crippen LogP contribution >= 0.6 is 0 Å². The molecule has 0 saturated heterocycles. The van der Waals surface area contributed by atoms with E-state index < -0.39 is 23.2 Å². The first-order valence-electron chi connectivity index (χ1n) is 10.8. The molecule has 1 amide bonds. The molecule has 4 aromatic rings. The number of nitrogens with one attached hydrogen (secondary N) is 1. The number of amides is 1. The van der Waals surface area contributed by atoms with Crippen LogP contribution in [0.15, 0.2) is 79.0 Å². The number of hydrogen-bond donors (Lipinski definition) is 1. The van der Waals surface area contributed by atoms with Crippen LogP contribution in [0.4, 0.5) is 14.5 Å². The van der Waals surface area contributed by atoms with Crippen molar-refractivity contribution in [2.45, 2.75) is 20.1 Å². The van der Waals surface area contributed by atoms with Gasteiger partial charge in [0.1, 0.15) is 35.4 Å². The van der Waals surface area contributed by atoms with Crippen molar-refractivity contribution in [1.82, 2.24) is 9.78 Å². The number of benzene rings is 3. The summed E-state index contributed by atoms with van der Waals surface area (Å²) in [5.41, 5.74) is 1.31. The summed E-state index contributed by atoms with van der Waals surface area (Å²) in [4.78, 5) is 12.4. The quantitative estimate of drug-likeness (QED) is 0.359. The van der Waals surface area contributed by atoms with Crippen molar-refractivity contribution in [2.24, 2.45) is 0 Å². The summed E-state index contributed by atoms with van der Waals surface area (Å²) in [7, 11) is 0. The highest BCUT2D eigenvalue weighted by Gasteiger charge is 2.16. The van der Waals surface area contributed by atoms with E-state index in [1.54, 1.807) is 10.9 Å². The van der Waals surface area contributed by atoms with Crippen molar-refractivity contribution in [1.29, 1.82) is 0 Å². The minimum absolute atomic E-state index is 0.0340. The van der Waals surface area contributed by atoms with Gasteiger partial charge in [-0.1, -0.05) is 42.5 Å². The molecule has 1 heterocycles. The summed E-state index contributed by atoms with van der Waals surface area (Å²) in [5, 5.41) is 6.48. The molecular formula is C26H23F2N3O3. The van der Waals surface area contributed by atoms with Crippen molar-refractivity contribution in [3.63, 3.8) is 0 Å². The van der Waals surface area contributed by atoms with Gasteiger partial charge in [0.15, 0.2) is 5.69 Å². The molecular weight excluding hydrogens is 440 g/mol. The lowest BCUT2D eigenvalue weighted by Crippen LogP contribution is -2.15. The number of anilines is 1. The van der Waals surface area contributed by atoms with Gasteiger partial charge in [-0.25, -0.2) is 8.78 Å². The van der Waals surface area contributed by atoms with E-state index in [9.17, 15) is 13.6 Å². The van der Waals surface area contributed by atoms with Gasteiger partial charge >= 0.3 is 0 Å². The molecule has 0 unspecified atom stereocenters. The van der Waals surface area contributed by atoms with E-state index in [-0.39, 0.29) is 5.69 Å². The standard InChI is InChI=1S/C26H23F2N3O3/c1-2-33-24-13-6-4-9-19(24)17-34-23-12-5-3-8-18(23)16-31-15-14-22(30-31)26(32)29-25-20(27)10-7-11-21(25)28/h3-15H,2,16-17H2,1H3,(H,29,32). The Balaban J connectivity index is 1.45. The summed E-state index contributed by atoms with van der Waals surface area (Å²) in [6.07, 6.45) is 1.62. The zero-order valence-corrected chi connectivity index (χ0v) is 18.5. The molecule has 0 atom stereocenters. The first kappa shape index (κ1) is 23.0. The molecule has 4 rings (SSSR count). The van der Waals surface area contributed by atoms with Crippen molar-refractivity contribution >= 4 is 11.6 Å². The Bertz CT molecular complexity index is 1270. The fourth-order valence-corrected chi connectivity index (χ4v) is 3.39. The molecule has 0 spiro atoms. The Morgan fingerprint density at radius 1 is 0.882 bits per heavy atom. The molecule has 0 radical (unpaired) electrons. The number of halogens is 2. The zero-order valence-electron chi connectivity index (χ0n) is 18.5. The molecule has 0 aliphatic rings. The summed E-state index contributed by atoms with van der Waals surface area (Å²) < 4.78 is 40.9. The van der Waals surface area contributed by atoms with Gasteiger partial charge in [-0.3, -0.25) is 9.48 Å². The lowest BCUT2D eigenvalue weighted by atomic mass is 10.2. The van der Waals surface area contributed by atoms with Gasteiger partial charge in [-0.05, 0) is 37.3 Å². The number of para-hydroxylation sites is 3. The second kappa shape index (κ2) is 10.6. The van der Waals surface area contributed by atoms with Crippen molar-refractivity contribution in [2.75, 3.05) is 11.9 Å². The highest BCUT2D eigenvalue weighted by molar-refractivity contribution is 6.02. The van der Waals surface area contributed by atoms with Crippen LogP contribution in [0, 0.1) is 11.6 Å². The van der Waals surface area contributed by atoms with Gasteiger partial charge < -0.3 is 14.8 Å². The number of hydrogen-bond acceptors (Lipinski definition) is 4. The Morgan fingerprint density at radius 2 is 1.53 bits per heavy atom. The van der Waals surface area contributed by atoms with Crippen LogP contribution in [-0.2, 0) is 13.2 Å². The number of carbonyl (C=O) groups is 1. The molecule has 1 N–H and O–H groups in total. The van der Waals surface area contributed by atoms with E-state index in [4.69, 9.17) is 9.47 Å². The van der Waals surface area contributed by atoms with Gasteiger partial charge in [0.25, 0.3) is 5.91 Å². The maximum atomic E-state index is 13.8. The summed E-state index contributed by atoms with van der Waals surface area (Å²) >= 11 is 0. The first-order valence-corrected chi connectivity index (χ1v) is 10.8. The van der Waals surface area contributed by atoms with Crippen LogP contribution in [0.3, 0.4) is 0 Å². The third-order valence-corrected chi connectivity index (χ3v) is 5.04. The van der Waals surface area contributed by atoms with Crippen LogP contribution in [0.2, 0.25) is 0 Å². The van der Waals surface area contributed by atoms with E-state index in [0.717, 1.165) is 29.0 Å². The first-order chi connectivity index (χ1) is 16.5. The SMILES string of the molecule is CCOc1ccccc1COc1ccccc1Cn1ccc(C(=O)Nc2c(F)cccc2F)n1. The van der Waals surface area contributed by atoms with Crippen LogP contribution in [0.1, 0.15) is 28.5 Å². The van der Waals surface area contributed by atoms with Gasteiger partial charge in [0.05, 0.1) is 13.2 Å². The molecule has 1 aromatic heterocycles. The lowest BCUT2D eigenvalue weighted by molar-refractivity contribution is 0.102. The smallest absolute Gasteiger partial charge is 0.276 e. The second-order valence-electron chi connectivity index (χ2n) is 7.39. The van der Waals surface area contributed by atoms with Crippen LogP contribution in [0.25, 0.3) is 0 Å². The maximum Gasteiger partial charge on any atom is 0.276 e. The number of carbonyl (C=O) groups excluding carboxylic acids is 1. The molecule has 6 nitrogen and oxygen atoms in total. The lowest BCUT2D eigenvalue weighted by Gasteiger charge is -2.14. The largest absolute Gasteiger partial charge is 0.493 e. The van der Waals surface area contributed by atoms with E-state index >= 15 is 0 Å². The maximum absolute atomic E-state index is 13.8. The van der Waals surface area contributed by atoms with E-state index in [1.165, 1.54) is 12.1 Å². The molecule has 0 aliphatic heterocycles. The molecule has 0 aliphatic carbocycles. The summed E-state index contributed by atoms with van der Waals surface area (Å²) in [6, 6.07) is 20.1. The number of rotatable bonds is 9. The molecule has 0 saturated carbocycles. The third kappa shape index (κ3) is 5.40. The monoisotopic (exact) mass is 463 g/mol. The highest BCUT2D eigenvalue weighted by atomic mass is 19.1. The number of ether oxygens (including phenoxy) is 2. The van der Waals surface area contributed by atoms with Gasteiger partial charge in [0, 0.05) is 17.3 Å². The van der Waals surface area contributed by atoms with Crippen LogP contribution in [0.5, 0.6) is 11.5 Å². The van der Waals surface area contributed by atoms with E-state index in [1.807, 2.05) is 55.5 Å². The minimum Gasteiger partial charge on any atom is -0.493 e. The van der Waals surface area contributed by atoms with Crippen molar-refractivity contribution in [3.05, 3.63) is 107 Å². The molecule has 0 bridgehead atoms. The van der Waals surface area contributed by atoms with Crippen molar-refractivity contribution in [3.8, 4) is 11.5 Å². The average molecular weight is 463 g/mol. The van der Waals surface area contributed by atoms with Gasteiger partial charge in [0.2, 0.25) is 0 Å². The minimum atomic E-state index is -0.857. The molecule has 0 fully saturated rings. The molecule has 174 valence electrons. The highest BCUT2D eigenvalue weighted by Crippen LogP contribution is 2.24. The fourth-order valence-electron chi connectivity index (χ4n) is 3.39. The number of nitrogens with zero attached hydrogens (tertiary/aromatic N) is 2. The fraction of sp³-hybridized carbons (Fsp3) is 0.154. The Labute approximate surface area is 195 Å². The van der Waals surface area contributed by atoms with Crippen molar-refractivity contribution < 1.29 is 23.0 Å². The van der Waals surface area contributed by atoms with E-state index in [2.05, 4.69) is 10.4 Å². The topological polar surface area (TPSA) is 65.4 Å². The molecule has 8 heteroatoms. The number of aromatic nitrogens is 2. The Hall–Kier alpha value is -4.20. The predicted octanol–water partition coefficient (Wildman–Crippen LogP) is 5.44. The van der Waals surface area contributed by atoms with Crippen LogP contribution < -0.4 is 14.8 Å². The molecule has 3 aromatic carbocycles. The summed E-state index contributed by atoms with van der Waals surface area (Å²) in [6.45, 7) is 3.16. The Morgan fingerprint density at radius 3 is 2.24 bits per heavy atom. The molecule has 34 heavy (non-hydrogen) atoms. The normalized spacial score (nSPS) is 10.7. The van der Waals surface area contributed by atoms with Gasteiger partial charge in [-0.2, -0.15) is 5.10 Å². The summed E-state index contributed by atoms with van der Waals surface area (Å²) in [5.74, 6) is -0.977. The predicted molar refractivity (Wildman–Crippen MR) is 124 cm³/mol. The average Bonchev–Trinajstić information content (AvgIpc) is 3.31. The zero-order chi connectivity index (χ0) is 23.9. The second-order valence-corrected chi connectivity index (χ2v) is 7.39. The third-order valence-electron chi connectivity index (χ3n) is 5.04. The Kier molecular flexibility index (Phi) is 7.17. The van der Waals surface area contributed by atoms with Gasteiger partial charge in [-0.15, -0.1) is 0 Å². The van der Waals surface area contributed by atoms with Crippen LogP contribution in [-0.4, -0.2) is 22.3 Å². The van der Waals surface area contributed by atoms with E-state index in [0.29, 0.717) is 25.5 Å².